The number of amides is 1. The number of carbonyl (C=O) groups is 1. The first-order chi connectivity index (χ1) is 7.15. The largest absolute Gasteiger partial charge is 0.383 e. The van der Waals surface area contributed by atoms with Crippen molar-refractivity contribution in [3.05, 3.63) is 17.0 Å². The maximum absolute atomic E-state index is 11.5. The lowest BCUT2D eigenvalue weighted by Gasteiger charge is -2.03. The standard InChI is InChI=1S/C10H16N2O3/c1-7-9(8(2)15-12-7)6-10(13)11-4-5-14-3/h4-6H2,1-3H3,(H,11,13). The Labute approximate surface area is 88.8 Å². The molecule has 0 unspecified atom stereocenters. The van der Waals surface area contributed by atoms with Crippen LogP contribution >= 0.6 is 0 Å². The maximum Gasteiger partial charge on any atom is 0.224 e. The van der Waals surface area contributed by atoms with Crippen LogP contribution in [0.15, 0.2) is 4.52 Å². The van der Waals surface area contributed by atoms with Crippen molar-refractivity contribution in [3.63, 3.8) is 0 Å². The highest BCUT2D eigenvalue weighted by molar-refractivity contribution is 5.78. The van der Waals surface area contributed by atoms with E-state index in [1.54, 1.807) is 14.0 Å². The van der Waals surface area contributed by atoms with Crippen molar-refractivity contribution in [2.45, 2.75) is 20.3 Å². The van der Waals surface area contributed by atoms with Crippen molar-refractivity contribution in [1.29, 1.82) is 0 Å². The zero-order chi connectivity index (χ0) is 11.3. The molecule has 1 amide bonds. The van der Waals surface area contributed by atoms with E-state index in [0.29, 0.717) is 25.3 Å². The monoisotopic (exact) mass is 212 g/mol. The van der Waals surface area contributed by atoms with Crippen LogP contribution in [0, 0.1) is 13.8 Å². The van der Waals surface area contributed by atoms with Gasteiger partial charge in [-0.25, -0.2) is 0 Å². The Morgan fingerprint density at radius 2 is 2.27 bits per heavy atom. The Bertz CT molecular complexity index is 314. The minimum Gasteiger partial charge on any atom is -0.383 e. The highest BCUT2D eigenvalue weighted by atomic mass is 16.5. The van der Waals surface area contributed by atoms with Gasteiger partial charge in [0.05, 0.1) is 18.7 Å². The summed E-state index contributed by atoms with van der Waals surface area (Å²) in [4.78, 5) is 11.5. The van der Waals surface area contributed by atoms with Crippen LogP contribution < -0.4 is 5.32 Å². The molecule has 0 saturated carbocycles. The van der Waals surface area contributed by atoms with E-state index >= 15 is 0 Å². The highest BCUT2D eigenvalue weighted by Gasteiger charge is 2.12. The van der Waals surface area contributed by atoms with Crippen LogP contribution in [0.1, 0.15) is 17.0 Å². The van der Waals surface area contributed by atoms with Crippen LogP contribution in [0.4, 0.5) is 0 Å². The van der Waals surface area contributed by atoms with E-state index in [1.165, 1.54) is 0 Å². The molecule has 0 aliphatic rings. The predicted octanol–water partition coefficient (Wildman–Crippen LogP) is 0.597. The van der Waals surface area contributed by atoms with Gasteiger partial charge in [0.15, 0.2) is 0 Å². The van der Waals surface area contributed by atoms with Crippen molar-refractivity contribution in [2.24, 2.45) is 0 Å². The number of ether oxygens (including phenoxy) is 1. The topological polar surface area (TPSA) is 64.4 Å². The van der Waals surface area contributed by atoms with Gasteiger partial charge in [-0.3, -0.25) is 4.79 Å². The van der Waals surface area contributed by atoms with Crippen molar-refractivity contribution >= 4 is 5.91 Å². The average molecular weight is 212 g/mol. The summed E-state index contributed by atoms with van der Waals surface area (Å²) >= 11 is 0. The van der Waals surface area contributed by atoms with Gasteiger partial charge >= 0.3 is 0 Å². The Morgan fingerprint density at radius 3 is 2.80 bits per heavy atom. The number of carbonyl (C=O) groups excluding carboxylic acids is 1. The predicted molar refractivity (Wildman–Crippen MR) is 54.6 cm³/mol. The first-order valence-electron chi connectivity index (χ1n) is 4.82. The van der Waals surface area contributed by atoms with Gasteiger partial charge in [-0.2, -0.15) is 0 Å². The van der Waals surface area contributed by atoms with Crippen molar-refractivity contribution in [1.82, 2.24) is 10.5 Å². The molecule has 0 atom stereocenters. The summed E-state index contributed by atoms with van der Waals surface area (Å²) in [6.45, 7) is 4.68. The minimum absolute atomic E-state index is 0.0403. The number of hydrogen-bond donors (Lipinski definition) is 1. The van der Waals surface area contributed by atoms with Gasteiger partial charge in [-0.05, 0) is 13.8 Å². The van der Waals surface area contributed by atoms with Gasteiger partial charge < -0.3 is 14.6 Å². The second kappa shape index (κ2) is 5.50. The highest BCUT2D eigenvalue weighted by Crippen LogP contribution is 2.12. The number of aryl methyl sites for hydroxylation is 2. The van der Waals surface area contributed by atoms with E-state index in [4.69, 9.17) is 9.26 Å². The molecule has 1 rings (SSSR count). The van der Waals surface area contributed by atoms with Gasteiger partial charge in [-0.1, -0.05) is 5.16 Å². The number of rotatable bonds is 5. The van der Waals surface area contributed by atoms with Gasteiger partial charge in [0.2, 0.25) is 5.91 Å². The van der Waals surface area contributed by atoms with Crippen LogP contribution in [-0.2, 0) is 16.0 Å². The third-order valence-electron chi connectivity index (χ3n) is 2.15. The van der Waals surface area contributed by atoms with Crippen LogP contribution in [0.5, 0.6) is 0 Å². The normalized spacial score (nSPS) is 10.3. The summed E-state index contributed by atoms with van der Waals surface area (Å²) in [5, 5.41) is 6.53. The van der Waals surface area contributed by atoms with Gasteiger partial charge in [0.1, 0.15) is 5.76 Å². The van der Waals surface area contributed by atoms with E-state index in [0.717, 1.165) is 11.3 Å². The Balaban J connectivity index is 2.44. The molecule has 0 aliphatic carbocycles. The van der Waals surface area contributed by atoms with Crippen molar-refractivity contribution in [3.8, 4) is 0 Å². The van der Waals surface area contributed by atoms with E-state index in [1.807, 2.05) is 6.92 Å². The summed E-state index contributed by atoms with van der Waals surface area (Å²) < 4.78 is 9.80. The summed E-state index contributed by atoms with van der Waals surface area (Å²) in [7, 11) is 1.60. The molecule has 1 N–H and O–H groups in total. The lowest BCUT2D eigenvalue weighted by atomic mass is 10.1. The summed E-state index contributed by atoms with van der Waals surface area (Å²) in [5.41, 5.74) is 1.64. The second-order valence-electron chi connectivity index (χ2n) is 3.32. The Hall–Kier alpha value is -1.36. The molecule has 0 bridgehead atoms. The molecule has 1 aromatic heterocycles. The molecule has 15 heavy (non-hydrogen) atoms. The fraction of sp³-hybridized carbons (Fsp3) is 0.600. The van der Waals surface area contributed by atoms with Gasteiger partial charge in [-0.15, -0.1) is 0 Å². The number of nitrogens with one attached hydrogen (secondary N) is 1. The number of nitrogens with zero attached hydrogens (tertiary/aromatic N) is 1. The SMILES string of the molecule is COCCNC(=O)Cc1c(C)noc1C. The molecule has 1 heterocycles. The van der Waals surface area contributed by atoms with Crippen molar-refractivity contribution < 1.29 is 14.1 Å². The molecule has 0 fully saturated rings. The second-order valence-corrected chi connectivity index (χ2v) is 3.32. The average Bonchev–Trinajstić information content (AvgIpc) is 2.50. The molecule has 1 aromatic rings. The van der Waals surface area contributed by atoms with Gasteiger partial charge in [0, 0.05) is 19.2 Å². The van der Waals surface area contributed by atoms with E-state index < -0.39 is 0 Å². The summed E-state index contributed by atoms with van der Waals surface area (Å²) in [6, 6.07) is 0. The van der Waals surface area contributed by atoms with Crippen LogP contribution in [0.25, 0.3) is 0 Å². The molecule has 5 heteroatoms. The fourth-order valence-electron chi connectivity index (χ4n) is 1.27. The molecule has 84 valence electrons. The summed E-state index contributed by atoms with van der Waals surface area (Å²) in [6.07, 6.45) is 0.310. The lowest BCUT2D eigenvalue weighted by molar-refractivity contribution is -0.120. The lowest BCUT2D eigenvalue weighted by Crippen LogP contribution is -2.28. The molecule has 0 radical (unpaired) electrons. The quantitative estimate of drug-likeness (QED) is 0.726. The number of hydrogen-bond acceptors (Lipinski definition) is 4. The van der Waals surface area contributed by atoms with Gasteiger partial charge in [0.25, 0.3) is 0 Å². The van der Waals surface area contributed by atoms with Crippen LogP contribution in [0.2, 0.25) is 0 Å². The third kappa shape index (κ3) is 3.36. The van der Waals surface area contributed by atoms with E-state index in [-0.39, 0.29) is 5.91 Å². The minimum atomic E-state index is -0.0403. The third-order valence-corrected chi connectivity index (χ3v) is 2.15. The molecule has 0 spiro atoms. The summed E-state index contributed by atoms with van der Waals surface area (Å²) in [5.74, 6) is 0.663. The number of methoxy groups -OCH3 is 1. The molecule has 5 nitrogen and oxygen atoms in total. The Kier molecular flexibility index (Phi) is 4.30. The Morgan fingerprint density at radius 1 is 1.53 bits per heavy atom. The van der Waals surface area contributed by atoms with E-state index in [2.05, 4.69) is 10.5 Å². The molecular weight excluding hydrogens is 196 g/mol. The zero-order valence-electron chi connectivity index (χ0n) is 9.29. The molecule has 0 aliphatic heterocycles. The van der Waals surface area contributed by atoms with Crippen LogP contribution in [-0.4, -0.2) is 31.3 Å². The maximum atomic E-state index is 11.5. The van der Waals surface area contributed by atoms with Crippen molar-refractivity contribution in [2.75, 3.05) is 20.3 Å². The molecular formula is C10H16N2O3. The molecule has 0 saturated heterocycles. The fourth-order valence-corrected chi connectivity index (χ4v) is 1.27. The first-order valence-corrected chi connectivity index (χ1v) is 4.82. The number of aromatic nitrogens is 1. The molecule has 0 aromatic carbocycles. The first kappa shape index (κ1) is 11.7. The van der Waals surface area contributed by atoms with E-state index in [9.17, 15) is 4.79 Å². The zero-order valence-corrected chi connectivity index (χ0v) is 9.29. The van der Waals surface area contributed by atoms with Crippen LogP contribution in [0.3, 0.4) is 0 Å². The smallest absolute Gasteiger partial charge is 0.224 e.